The first-order chi connectivity index (χ1) is 11.6. The molecule has 0 aliphatic carbocycles. The van der Waals surface area contributed by atoms with Crippen LogP contribution < -0.4 is 15.2 Å². The van der Waals surface area contributed by atoms with Crippen molar-refractivity contribution in [2.24, 2.45) is 0 Å². The van der Waals surface area contributed by atoms with Gasteiger partial charge in [-0.1, -0.05) is 29.8 Å². The van der Waals surface area contributed by atoms with Crippen molar-refractivity contribution in [2.75, 3.05) is 23.9 Å². The maximum Gasteiger partial charge on any atom is 0.263 e. The van der Waals surface area contributed by atoms with Crippen LogP contribution in [0.4, 0.5) is 17.1 Å². The lowest BCUT2D eigenvalue weighted by molar-refractivity contribution is -0.114. The maximum atomic E-state index is 13.3. The van der Waals surface area contributed by atoms with Gasteiger partial charge in [-0.15, -0.1) is 0 Å². The summed E-state index contributed by atoms with van der Waals surface area (Å²) in [7, 11) is 3.86. The molecular formula is C18H17ClN4O. The molecule has 24 heavy (non-hydrogen) atoms. The Labute approximate surface area is 145 Å². The van der Waals surface area contributed by atoms with E-state index in [0.29, 0.717) is 10.6 Å². The van der Waals surface area contributed by atoms with E-state index in [1.807, 2.05) is 73.8 Å². The fraction of sp³-hybridized carbons (Fsp3) is 0.167. The second kappa shape index (κ2) is 5.54. The molecule has 0 radical (unpaired) electrons. The SMILES string of the molecule is CN1C=C2C(=O)N(c3ccccc3)c3cc(Cl)ccc3N(C)C2N1. The number of halogens is 1. The number of anilines is 3. The molecule has 0 fully saturated rings. The number of hydrogen-bond acceptors (Lipinski definition) is 4. The zero-order chi connectivity index (χ0) is 16.8. The largest absolute Gasteiger partial charge is 0.352 e. The summed E-state index contributed by atoms with van der Waals surface area (Å²) in [6.07, 6.45) is 1.63. The summed E-state index contributed by atoms with van der Waals surface area (Å²) in [5.74, 6) is -0.0593. The van der Waals surface area contributed by atoms with Gasteiger partial charge in [-0.3, -0.25) is 9.69 Å². The van der Waals surface area contributed by atoms with E-state index in [1.54, 1.807) is 4.90 Å². The quantitative estimate of drug-likeness (QED) is 0.865. The number of nitrogens with one attached hydrogen (secondary N) is 1. The Morgan fingerprint density at radius 2 is 1.79 bits per heavy atom. The van der Waals surface area contributed by atoms with Crippen LogP contribution in [0.2, 0.25) is 5.02 Å². The Kier molecular flexibility index (Phi) is 3.48. The van der Waals surface area contributed by atoms with Crippen LogP contribution in [0, 0.1) is 0 Å². The highest BCUT2D eigenvalue weighted by Crippen LogP contribution is 2.41. The van der Waals surface area contributed by atoms with Gasteiger partial charge < -0.3 is 9.91 Å². The summed E-state index contributed by atoms with van der Waals surface area (Å²) < 4.78 is 0. The minimum Gasteiger partial charge on any atom is -0.352 e. The average molecular weight is 341 g/mol. The molecule has 0 saturated carbocycles. The first kappa shape index (κ1) is 15.1. The van der Waals surface area contributed by atoms with E-state index < -0.39 is 0 Å². The molecule has 4 rings (SSSR count). The van der Waals surface area contributed by atoms with Gasteiger partial charge in [0.15, 0.2) is 0 Å². The fourth-order valence-electron chi connectivity index (χ4n) is 3.23. The number of hydrogen-bond donors (Lipinski definition) is 1. The van der Waals surface area contributed by atoms with Gasteiger partial charge in [0, 0.05) is 31.0 Å². The number of carbonyl (C=O) groups excluding carboxylic acids is 1. The lowest BCUT2D eigenvalue weighted by Crippen LogP contribution is -2.46. The van der Waals surface area contributed by atoms with Gasteiger partial charge in [0.1, 0.15) is 6.17 Å². The normalized spacial score (nSPS) is 19.8. The Morgan fingerprint density at radius 3 is 2.54 bits per heavy atom. The van der Waals surface area contributed by atoms with Crippen molar-refractivity contribution >= 4 is 34.6 Å². The number of carbonyl (C=O) groups is 1. The summed E-state index contributed by atoms with van der Waals surface area (Å²) in [5, 5.41) is 2.42. The number of amides is 1. The smallest absolute Gasteiger partial charge is 0.263 e. The number of hydrazine groups is 1. The van der Waals surface area contributed by atoms with Crippen LogP contribution in [-0.2, 0) is 4.79 Å². The van der Waals surface area contributed by atoms with Crippen LogP contribution in [0.5, 0.6) is 0 Å². The molecule has 2 aliphatic heterocycles. The zero-order valence-electron chi connectivity index (χ0n) is 13.4. The number of benzene rings is 2. The first-order valence-corrected chi connectivity index (χ1v) is 8.06. The van der Waals surface area contributed by atoms with E-state index in [0.717, 1.165) is 17.1 Å². The zero-order valence-corrected chi connectivity index (χ0v) is 14.2. The number of likely N-dealkylation sites (N-methyl/N-ethyl adjacent to an activating group) is 1. The third-order valence-corrected chi connectivity index (χ3v) is 4.60. The predicted molar refractivity (Wildman–Crippen MR) is 96.2 cm³/mol. The topological polar surface area (TPSA) is 38.8 Å². The lowest BCUT2D eigenvalue weighted by Gasteiger charge is -2.28. The monoisotopic (exact) mass is 340 g/mol. The molecule has 2 aromatic carbocycles. The molecule has 1 amide bonds. The highest BCUT2D eigenvalue weighted by Gasteiger charge is 2.39. The molecule has 0 aromatic heterocycles. The Bertz CT molecular complexity index is 836. The molecule has 0 saturated heterocycles. The second-order valence-corrected chi connectivity index (χ2v) is 6.38. The molecule has 1 N–H and O–H groups in total. The van der Waals surface area contributed by atoms with E-state index in [2.05, 4.69) is 10.3 Å². The minimum absolute atomic E-state index is 0.0593. The van der Waals surface area contributed by atoms with Crippen LogP contribution in [0.3, 0.4) is 0 Å². The van der Waals surface area contributed by atoms with Crippen LogP contribution in [0.1, 0.15) is 0 Å². The van der Waals surface area contributed by atoms with Crippen molar-refractivity contribution in [3.63, 3.8) is 0 Å². The standard InChI is InChI=1S/C18H17ClN4O/c1-21-11-14-17(20-21)22(2)15-9-8-12(19)10-16(15)23(18(14)24)13-6-4-3-5-7-13/h3-11,17,20H,1-2H3. The van der Waals surface area contributed by atoms with Crippen molar-refractivity contribution in [1.29, 1.82) is 0 Å². The Hall–Kier alpha value is -2.50. The average Bonchev–Trinajstić information content (AvgIpc) is 2.94. The van der Waals surface area contributed by atoms with Gasteiger partial charge in [0.2, 0.25) is 0 Å². The summed E-state index contributed by atoms with van der Waals surface area (Å²) in [4.78, 5) is 17.1. The van der Waals surface area contributed by atoms with Gasteiger partial charge in [-0.05, 0) is 30.3 Å². The van der Waals surface area contributed by atoms with Gasteiger partial charge >= 0.3 is 0 Å². The molecule has 0 bridgehead atoms. The molecule has 2 aliphatic rings. The molecule has 5 nitrogen and oxygen atoms in total. The number of nitrogens with zero attached hydrogens (tertiary/aromatic N) is 3. The van der Waals surface area contributed by atoms with Crippen LogP contribution in [0.25, 0.3) is 0 Å². The maximum absolute atomic E-state index is 13.3. The molecule has 6 heteroatoms. The Morgan fingerprint density at radius 1 is 1.04 bits per heavy atom. The van der Waals surface area contributed by atoms with Crippen molar-refractivity contribution in [3.8, 4) is 0 Å². The summed E-state index contributed by atoms with van der Waals surface area (Å²) >= 11 is 6.23. The van der Waals surface area contributed by atoms with Crippen molar-refractivity contribution < 1.29 is 4.79 Å². The molecule has 1 atom stereocenters. The van der Waals surface area contributed by atoms with Gasteiger partial charge in [-0.2, -0.15) is 0 Å². The summed E-state index contributed by atoms with van der Waals surface area (Å²) in [6.45, 7) is 0. The van der Waals surface area contributed by atoms with E-state index in [1.165, 1.54) is 0 Å². The third kappa shape index (κ3) is 2.25. The Balaban J connectivity index is 1.97. The van der Waals surface area contributed by atoms with Crippen molar-refractivity contribution in [3.05, 3.63) is 65.3 Å². The lowest BCUT2D eigenvalue weighted by atomic mass is 10.2. The number of rotatable bonds is 1. The highest BCUT2D eigenvalue weighted by molar-refractivity contribution is 6.31. The minimum atomic E-state index is -0.212. The third-order valence-electron chi connectivity index (χ3n) is 4.36. The van der Waals surface area contributed by atoms with Gasteiger partial charge in [0.05, 0.1) is 16.9 Å². The molecule has 2 aromatic rings. The number of para-hydroxylation sites is 1. The first-order valence-electron chi connectivity index (χ1n) is 7.69. The van der Waals surface area contributed by atoms with Crippen molar-refractivity contribution in [1.82, 2.24) is 10.4 Å². The number of fused-ring (bicyclic) bond motifs is 2. The van der Waals surface area contributed by atoms with E-state index in [9.17, 15) is 4.79 Å². The van der Waals surface area contributed by atoms with Crippen molar-refractivity contribution in [2.45, 2.75) is 6.17 Å². The summed E-state index contributed by atoms with van der Waals surface area (Å²) in [5.41, 5.74) is 6.51. The van der Waals surface area contributed by atoms with E-state index in [-0.39, 0.29) is 12.1 Å². The molecule has 0 spiro atoms. The van der Waals surface area contributed by atoms with Gasteiger partial charge in [0.25, 0.3) is 5.91 Å². The molecule has 1 unspecified atom stereocenters. The van der Waals surface area contributed by atoms with Crippen LogP contribution >= 0.6 is 11.6 Å². The van der Waals surface area contributed by atoms with Crippen LogP contribution in [0.15, 0.2) is 60.3 Å². The predicted octanol–water partition coefficient (Wildman–Crippen LogP) is 3.11. The molecule has 2 heterocycles. The van der Waals surface area contributed by atoms with E-state index >= 15 is 0 Å². The molecule has 122 valence electrons. The summed E-state index contributed by atoms with van der Waals surface area (Å²) in [6, 6.07) is 15.3. The van der Waals surface area contributed by atoms with Gasteiger partial charge in [-0.25, -0.2) is 5.43 Å². The second-order valence-electron chi connectivity index (χ2n) is 5.95. The van der Waals surface area contributed by atoms with Crippen LogP contribution in [-0.4, -0.2) is 31.2 Å². The molecular weight excluding hydrogens is 324 g/mol. The van der Waals surface area contributed by atoms with E-state index in [4.69, 9.17) is 11.6 Å². The fourth-order valence-corrected chi connectivity index (χ4v) is 3.40. The highest BCUT2D eigenvalue weighted by atomic mass is 35.5.